The third-order valence-electron chi connectivity index (χ3n) is 4.12. The molecule has 1 N–H and O–H groups in total. The van der Waals surface area contributed by atoms with E-state index in [9.17, 15) is 8.42 Å². The van der Waals surface area contributed by atoms with Crippen LogP contribution in [-0.2, 0) is 10.0 Å². The van der Waals surface area contributed by atoms with Gasteiger partial charge in [0.1, 0.15) is 0 Å². The number of nitrogens with zero attached hydrogens (tertiary/aromatic N) is 1. The molecule has 0 saturated carbocycles. The molecule has 0 aromatic heterocycles. The summed E-state index contributed by atoms with van der Waals surface area (Å²) in [5.74, 6) is 0. The Morgan fingerprint density at radius 1 is 1.00 bits per heavy atom. The third-order valence-corrected chi connectivity index (χ3v) is 6.48. The molecular formula is C18H24ClNO3S. The molecule has 0 heterocycles. The summed E-state index contributed by atoms with van der Waals surface area (Å²) in [4.78, 5) is 0.305. The van der Waals surface area contributed by atoms with E-state index in [1.165, 1.54) is 4.31 Å². The van der Waals surface area contributed by atoms with Gasteiger partial charge in [-0.15, -0.1) is 0 Å². The van der Waals surface area contributed by atoms with Crippen molar-refractivity contribution in [2.24, 2.45) is 0 Å². The minimum Gasteiger partial charge on any atom is -0.396 e. The van der Waals surface area contributed by atoms with Crippen LogP contribution in [0.2, 0.25) is 5.02 Å². The number of hydrogen-bond donors (Lipinski definition) is 1. The fourth-order valence-electron chi connectivity index (χ4n) is 2.81. The van der Waals surface area contributed by atoms with E-state index in [2.05, 4.69) is 0 Å². The summed E-state index contributed by atoms with van der Waals surface area (Å²) >= 11 is 6.20. The number of aliphatic hydroxyl groups excluding tert-OH is 1. The Morgan fingerprint density at radius 2 is 1.67 bits per heavy atom. The van der Waals surface area contributed by atoms with Crippen molar-refractivity contribution in [3.8, 4) is 0 Å². The molecular weight excluding hydrogens is 346 g/mol. The molecule has 0 spiro atoms. The molecule has 4 nitrogen and oxygen atoms in total. The van der Waals surface area contributed by atoms with E-state index in [0.29, 0.717) is 28.4 Å². The molecule has 0 aliphatic heterocycles. The van der Waals surface area contributed by atoms with E-state index < -0.39 is 10.0 Å². The SMILES string of the molecule is CCN(CCCCCCO)S(=O)(=O)c1cccc2c(Cl)cccc12. The van der Waals surface area contributed by atoms with Gasteiger partial charge in [0.2, 0.25) is 10.0 Å². The Morgan fingerprint density at radius 3 is 2.38 bits per heavy atom. The van der Waals surface area contributed by atoms with Crippen LogP contribution in [0.5, 0.6) is 0 Å². The highest BCUT2D eigenvalue weighted by atomic mass is 35.5. The van der Waals surface area contributed by atoms with E-state index in [-0.39, 0.29) is 6.61 Å². The van der Waals surface area contributed by atoms with Gasteiger partial charge in [0.15, 0.2) is 0 Å². The minimum absolute atomic E-state index is 0.187. The lowest BCUT2D eigenvalue weighted by Crippen LogP contribution is -2.32. The largest absolute Gasteiger partial charge is 0.396 e. The van der Waals surface area contributed by atoms with Gasteiger partial charge in [-0.2, -0.15) is 4.31 Å². The Labute approximate surface area is 149 Å². The van der Waals surface area contributed by atoms with Crippen molar-refractivity contribution in [2.75, 3.05) is 19.7 Å². The summed E-state index contributed by atoms with van der Waals surface area (Å²) in [6.07, 6.45) is 3.38. The molecule has 24 heavy (non-hydrogen) atoms. The van der Waals surface area contributed by atoms with Crippen molar-refractivity contribution >= 4 is 32.4 Å². The fraction of sp³-hybridized carbons (Fsp3) is 0.444. The molecule has 0 atom stereocenters. The predicted octanol–water partition coefficient (Wildman–Crippen LogP) is 4.06. The summed E-state index contributed by atoms with van der Waals surface area (Å²) < 4.78 is 27.6. The second-order valence-corrected chi connectivity index (χ2v) is 8.04. The highest BCUT2D eigenvalue weighted by Crippen LogP contribution is 2.30. The second-order valence-electron chi connectivity index (χ2n) is 5.73. The number of rotatable bonds is 9. The second kappa shape index (κ2) is 8.81. The van der Waals surface area contributed by atoms with E-state index >= 15 is 0 Å². The Balaban J connectivity index is 2.26. The summed E-state index contributed by atoms with van der Waals surface area (Å²) in [6.45, 7) is 2.95. The lowest BCUT2D eigenvalue weighted by Gasteiger charge is -2.21. The molecule has 2 aromatic carbocycles. The molecule has 132 valence electrons. The van der Waals surface area contributed by atoms with Gasteiger partial charge >= 0.3 is 0 Å². The summed E-state index contributed by atoms with van der Waals surface area (Å²) in [5.41, 5.74) is 0. The van der Waals surface area contributed by atoms with Crippen molar-refractivity contribution in [1.82, 2.24) is 4.31 Å². The summed E-state index contributed by atoms with van der Waals surface area (Å²) in [5, 5.41) is 10.8. The Hall–Kier alpha value is -1.14. The zero-order chi connectivity index (χ0) is 17.6. The van der Waals surface area contributed by atoms with E-state index in [4.69, 9.17) is 16.7 Å². The molecule has 0 radical (unpaired) electrons. The van der Waals surface area contributed by atoms with Gasteiger partial charge in [-0.25, -0.2) is 8.42 Å². The number of sulfonamides is 1. The van der Waals surface area contributed by atoms with E-state index in [1.807, 2.05) is 13.0 Å². The quantitative estimate of drug-likeness (QED) is 0.678. The summed E-state index contributed by atoms with van der Waals surface area (Å²) in [6, 6.07) is 10.5. The Bertz CT molecular complexity index is 777. The fourth-order valence-corrected chi connectivity index (χ4v) is 4.74. The molecule has 0 aliphatic carbocycles. The molecule has 0 unspecified atom stereocenters. The normalized spacial score (nSPS) is 12.2. The van der Waals surface area contributed by atoms with Gasteiger partial charge in [-0.05, 0) is 25.0 Å². The van der Waals surface area contributed by atoms with Crippen LogP contribution in [0.15, 0.2) is 41.3 Å². The summed E-state index contributed by atoms with van der Waals surface area (Å²) in [7, 11) is -3.56. The average molecular weight is 370 g/mol. The van der Waals surface area contributed by atoms with Crippen LogP contribution in [0.4, 0.5) is 0 Å². The average Bonchev–Trinajstić information content (AvgIpc) is 2.58. The molecule has 0 aliphatic rings. The van der Waals surface area contributed by atoms with Crippen molar-refractivity contribution in [3.05, 3.63) is 41.4 Å². The number of benzene rings is 2. The molecule has 0 bridgehead atoms. The zero-order valence-electron chi connectivity index (χ0n) is 13.9. The number of hydrogen-bond acceptors (Lipinski definition) is 3. The first kappa shape index (κ1) is 19.2. The van der Waals surface area contributed by atoms with Gasteiger partial charge in [0, 0.05) is 35.5 Å². The molecule has 0 saturated heterocycles. The monoisotopic (exact) mass is 369 g/mol. The van der Waals surface area contributed by atoms with Gasteiger partial charge in [-0.1, -0.05) is 55.6 Å². The van der Waals surface area contributed by atoms with Crippen LogP contribution in [0, 0.1) is 0 Å². The molecule has 2 aromatic rings. The standard InChI is InChI=1S/C18H24ClNO3S/c1-2-20(13-5-3-4-6-14-21)24(22,23)18-12-8-9-15-16(18)10-7-11-17(15)19/h7-12,21H,2-6,13-14H2,1H3. The first-order chi connectivity index (χ1) is 11.5. The van der Waals surface area contributed by atoms with Crippen LogP contribution in [0.1, 0.15) is 32.6 Å². The van der Waals surface area contributed by atoms with Crippen LogP contribution < -0.4 is 0 Å². The third kappa shape index (κ3) is 4.28. The van der Waals surface area contributed by atoms with Gasteiger partial charge < -0.3 is 5.11 Å². The number of aliphatic hydroxyl groups is 1. The van der Waals surface area contributed by atoms with Crippen molar-refractivity contribution in [3.63, 3.8) is 0 Å². The smallest absolute Gasteiger partial charge is 0.243 e. The Kier molecular flexibility index (Phi) is 7.04. The minimum atomic E-state index is -3.56. The van der Waals surface area contributed by atoms with Crippen LogP contribution in [0.25, 0.3) is 10.8 Å². The first-order valence-corrected chi connectivity index (χ1v) is 10.1. The molecule has 0 amide bonds. The first-order valence-electron chi connectivity index (χ1n) is 8.30. The van der Waals surface area contributed by atoms with E-state index in [1.54, 1.807) is 30.3 Å². The molecule has 6 heteroatoms. The van der Waals surface area contributed by atoms with Gasteiger partial charge in [0.25, 0.3) is 0 Å². The highest BCUT2D eigenvalue weighted by Gasteiger charge is 2.24. The predicted molar refractivity (Wildman–Crippen MR) is 98.9 cm³/mol. The highest BCUT2D eigenvalue weighted by molar-refractivity contribution is 7.89. The topological polar surface area (TPSA) is 57.6 Å². The molecule has 0 fully saturated rings. The lowest BCUT2D eigenvalue weighted by atomic mass is 10.1. The van der Waals surface area contributed by atoms with Crippen LogP contribution >= 0.6 is 11.6 Å². The van der Waals surface area contributed by atoms with E-state index in [0.717, 1.165) is 31.1 Å². The van der Waals surface area contributed by atoms with Crippen LogP contribution in [0.3, 0.4) is 0 Å². The van der Waals surface area contributed by atoms with Gasteiger partial charge in [0.05, 0.1) is 4.90 Å². The lowest BCUT2D eigenvalue weighted by molar-refractivity contribution is 0.281. The van der Waals surface area contributed by atoms with Crippen molar-refractivity contribution in [1.29, 1.82) is 0 Å². The maximum atomic E-state index is 13.1. The number of fused-ring (bicyclic) bond motifs is 1. The maximum Gasteiger partial charge on any atom is 0.243 e. The van der Waals surface area contributed by atoms with Gasteiger partial charge in [-0.3, -0.25) is 0 Å². The number of halogens is 1. The van der Waals surface area contributed by atoms with Crippen molar-refractivity contribution in [2.45, 2.75) is 37.5 Å². The van der Waals surface area contributed by atoms with Crippen molar-refractivity contribution < 1.29 is 13.5 Å². The molecule has 2 rings (SSSR count). The zero-order valence-corrected chi connectivity index (χ0v) is 15.5. The van der Waals surface area contributed by atoms with Crippen LogP contribution in [-0.4, -0.2) is 37.5 Å². The number of unbranched alkanes of at least 4 members (excludes halogenated alkanes) is 3. The maximum absolute atomic E-state index is 13.1.